The van der Waals surface area contributed by atoms with Crippen LogP contribution in [0.15, 0.2) is 41.5 Å². The van der Waals surface area contributed by atoms with Crippen LogP contribution in [0, 0.1) is 12.8 Å². The second-order valence-corrected chi connectivity index (χ2v) is 6.86. The Hall–Kier alpha value is -2.31. The number of hydrogen-bond acceptors (Lipinski definition) is 6. The van der Waals surface area contributed by atoms with Crippen molar-refractivity contribution in [2.24, 2.45) is 11.0 Å². The van der Waals surface area contributed by atoms with Crippen LogP contribution in [0.3, 0.4) is 0 Å². The van der Waals surface area contributed by atoms with Gasteiger partial charge < -0.3 is 4.74 Å². The van der Waals surface area contributed by atoms with E-state index in [1.165, 1.54) is 10.4 Å². The summed E-state index contributed by atoms with van der Waals surface area (Å²) in [6.45, 7) is 3.47. The van der Waals surface area contributed by atoms with Crippen molar-refractivity contribution in [2.75, 3.05) is 18.6 Å². The van der Waals surface area contributed by atoms with Crippen molar-refractivity contribution in [3.05, 3.63) is 42.2 Å². The first-order valence-electron chi connectivity index (χ1n) is 8.00. The van der Waals surface area contributed by atoms with E-state index in [1.54, 1.807) is 11.3 Å². The molecule has 0 radical (unpaired) electrons. The fraction of sp³-hybridized carbons (Fsp3) is 0.278. The third-order valence-electron chi connectivity index (χ3n) is 3.98. The summed E-state index contributed by atoms with van der Waals surface area (Å²) in [5.74, 6) is 1.88. The Bertz CT molecular complexity index is 869. The van der Waals surface area contributed by atoms with Gasteiger partial charge in [0.1, 0.15) is 10.7 Å². The van der Waals surface area contributed by atoms with Crippen molar-refractivity contribution in [1.29, 1.82) is 0 Å². The van der Waals surface area contributed by atoms with E-state index >= 15 is 0 Å². The fourth-order valence-corrected chi connectivity index (χ4v) is 3.81. The van der Waals surface area contributed by atoms with E-state index < -0.39 is 0 Å². The molecule has 0 saturated carbocycles. The molecule has 3 aromatic rings. The van der Waals surface area contributed by atoms with E-state index in [0.29, 0.717) is 5.92 Å². The predicted octanol–water partition coefficient (Wildman–Crippen LogP) is 4.10. The van der Waals surface area contributed by atoms with Crippen molar-refractivity contribution in [3.8, 4) is 10.4 Å². The van der Waals surface area contributed by atoms with Gasteiger partial charge in [-0.15, -0.1) is 11.3 Å². The summed E-state index contributed by atoms with van der Waals surface area (Å²) < 4.78 is 5.36. The third kappa shape index (κ3) is 3.16. The summed E-state index contributed by atoms with van der Waals surface area (Å²) in [5, 5.41) is 5.36. The molecule has 122 valence electrons. The van der Waals surface area contributed by atoms with Gasteiger partial charge in [0.25, 0.3) is 0 Å². The molecule has 1 atom stereocenters. The first kappa shape index (κ1) is 15.2. The average molecular weight is 338 g/mol. The van der Waals surface area contributed by atoms with Gasteiger partial charge in [-0.3, -0.25) is 5.43 Å². The van der Waals surface area contributed by atoms with Crippen LogP contribution < -0.4 is 5.43 Å². The standard InChI is InChI=1S/C18H18N4OS/c1-12-20-17(22-19-10-13-7-8-23-11-13)15-9-16(24-18(15)21-12)14-5-3-2-4-6-14/h2-6,9-10,13H,7-8,11H2,1H3,(H,20,21,22)/b19-10+. The van der Waals surface area contributed by atoms with Gasteiger partial charge >= 0.3 is 0 Å². The SMILES string of the molecule is Cc1nc(N/N=C/C2CCOC2)c2cc(-c3ccccc3)sc2n1. The number of aryl methyl sites for hydroxylation is 1. The minimum Gasteiger partial charge on any atom is -0.381 e. The first-order valence-corrected chi connectivity index (χ1v) is 8.82. The molecule has 3 heterocycles. The van der Waals surface area contributed by atoms with Crippen molar-refractivity contribution >= 4 is 33.6 Å². The van der Waals surface area contributed by atoms with E-state index in [-0.39, 0.29) is 0 Å². The highest BCUT2D eigenvalue weighted by Gasteiger charge is 2.14. The maximum atomic E-state index is 5.36. The third-order valence-corrected chi connectivity index (χ3v) is 5.06. The zero-order chi connectivity index (χ0) is 16.4. The molecule has 2 aromatic heterocycles. The molecular weight excluding hydrogens is 320 g/mol. The summed E-state index contributed by atoms with van der Waals surface area (Å²) in [7, 11) is 0. The number of thiophene rings is 1. The summed E-state index contributed by atoms with van der Waals surface area (Å²) in [6, 6.07) is 12.5. The molecule has 1 fully saturated rings. The molecule has 24 heavy (non-hydrogen) atoms. The first-order chi connectivity index (χ1) is 11.8. The molecule has 1 aromatic carbocycles. The van der Waals surface area contributed by atoms with Gasteiger partial charge in [-0.05, 0) is 25.0 Å². The van der Waals surface area contributed by atoms with Gasteiger partial charge in [0.05, 0.1) is 12.0 Å². The Morgan fingerprint density at radius 2 is 2.17 bits per heavy atom. The van der Waals surface area contributed by atoms with Crippen molar-refractivity contribution in [2.45, 2.75) is 13.3 Å². The molecule has 6 heteroatoms. The van der Waals surface area contributed by atoms with Crippen molar-refractivity contribution < 1.29 is 4.74 Å². The van der Waals surface area contributed by atoms with Crippen LogP contribution in [-0.4, -0.2) is 29.4 Å². The van der Waals surface area contributed by atoms with Crippen LogP contribution in [-0.2, 0) is 4.74 Å². The van der Waals surface area contributed by atoms with Crippen LogP contribution in [0.5, 0.6) is 0 Å². The molecule has 5 nitrogen and oxygen atoms in total. The van der Waals surface area contributed by atoms with Crippen LogP contribution in [0.4, 0.5) is 5.82 Å². The smallest absolute Gasteiger partial charge is 0.158 e. The van der Waals surface area contributed by atoms with Crippen LogP contribution >= 0.6 is 11.3 Å². The van der Waals surface area contributed by atoms with E-state index in [4.69, 9.17) is 4.74 Å². The highest BCUT2D eigenvalue weighted by Crippen LogP contribution is 2.35. The molecular formula is C18H18N4OS. The number of aromatic nitrogens is 2. The lowest BCUT2D eigenvalue weighted by Gasteiger charge is -2.03. The maximum absolute atomic E-state index is 5.36. The van der Waals surface area contributed by atoms with E-state index in [1.807, 2.05) is 31.3 Å². The highest BCUT2D eigenvalue weighted by molar-refractivity contribution is 7.21. The van der Waals surface area contributed by atoms with Gasteiger partial charge in [0.15, 0.2) is 5.82 Å². The summed E-state index contributed by atoms with van der Waals surface area (Å²) >= 11 is 1.67. The van der Waals surface area contributed by atoms with Gasteiger partial charge in [-0.1, -0.05) is 30.3 Å². The number of hydrogen-bond donors (Lipinski definition) is 1. The molecule has 1 aliphatic rings. The second-order valence-electron chi connectivity index (χ2n) is 5.83. The van der Waals surface area contributed by atoms with Crippen LogP contribution in [0.1, 0.15) is 12.2 Å². The zero-order valence-corrected chi connectivity index (χ0v) is 14.2. The Morgan fingerprint density at radius 1 is 1.29 bits per heavy atom. The van der Waals surface area contributed by atoms with Gasteiger partial charge in [0, 0.05) is 23.6 Å². The number of fused-ring (bicyclic) bond motifs is 1. The molecule has 0 spiro atoms. The zero-order valence-electron chi connectivity index (χ0n) is 13.4. The summed E-state index contributed by atoms with van der Waals surface area (Å²) in [4.78, 5) is 11.2. The quantitative estimate of drug-likeness (QED) is 0.575. The Balaban J connectivity index is 1.65. The molecule has 1 N–H and O–H groups in total. The minimum atomic E-state index is 0.387. The van der Waals surface area contributed by atoms with Crippen LogP contribution in [0.2, 0.25) is 0 Å². The second kappa shape index (κ2) is 6.67. The Morgan fingerprint density at radius 3 is 2.96 bits per heavy atom. The molecule has 1 unspecified atom stereocenters. The van der Waals surface area contributed by atoms with E-state index in [2.05, 4.69) is 38.7 Å². The molecule has 1 aliphatic heterocycles. The largest absolute Gasteiger partial charge is 0.381 e. The molecule has 0 amide bonds. The van der Waals surface area contributed by atoms with Gasteiger partial charge in [-0.2, -0.15) is 5.10 Å². The highest BCUT2D eigenvalue weighted by atomic mass is 32.1. The lowest BCUT2D eigenvalue weighted by Crippen LogP contribution is -2.03. The number of anilines is 1. The Labute approximate surface area is 144 Å². The van der Waals surface area contributed by atoms with Gasteiger partial charge in [0.2, 0.25) is 0 Å². The van der Waals surface area contributed by atoms with E-state index in [0.717, 1.165) is 41.5 Å². The number of ether oxygens (including phenoxy) is 1. The molecule has 1 saturated heterocycles. The number of nitrogens with zero attached hydrogens (tertiary/aromatic N) is 3. The van der Waals surface area contributed by atoms with Gasteiger partial charge in [-0.25, -0.2) is 9.97 Å². The monoisotopic (exact) mass is 338 g/mol. The van der Waals surface area contributed by atoms with Crippen molar-refractivity contribution in [3.63, 3.8) is 0 Å². The lowest BCUT2D eigenvalue weighted by molar-refractivity contribution is 0.193. The fourth-order valence-electron chi connectivity index (χ4n) is 2.73. The average Bonchev–Trinajstić information content (AvgIpc) is 3.25. The van der Waals surface area contributed by atoms with E-state index in [9.17, 15) is 0 Å². The molecule has 0 bridgehead atoms. The maximum Gasteiger partial charge on any atom is 0.158 e. The topological polar surface area (TPSA) is 59.4 Å². The molecule has 4 rings (SSSR count). The summed E-state index contributed by atoms with van der Waals surface area (Å²) in [6.07, 6.45) is 2.95. The van der Waals surface area contributed by atoms with Crippen molar-refractivity contribution in [1.82, 2.24) is 9.97 Å². The Kier molecular flexibility index (Phi) is 4.23. The lowest BCUT2D eigenvalue weighted by atomic mass is 10.1. The number of rotatable bonds is 4. The van der Waals surface area contributed by atoms with Crippen LogP contribution in [0.25, 0.3) is 20.7 Å². The minimum absolute atomic E-state index is 0.387. The molecule has 0 aliphatic carbocycles. The number of hydrazone groups is 1. The summed E-state index contributed by atoms with van der Waals surface area (Å²) in [5.41, 5.74) is 4.28. The number of benzene rings is 1. The normalized spacial score (nSPS) is 17.8. The number of nitrogens with one attached hydrogen (secondary N) is 1. The predicted molar refractivity (Wildman–Crippen MR) is 98.6 cm³/mol.